The minimum absolute atomic E-state index is 0.00880. The van der Waals surface area contributed by atoms with Gasteiger partial charge >= 0.3 is 0 Å². The summed E-state index contributed by atoms with van der Waals surface area (Å²) in [7, 11) is 0. The summed E-state index contributed by atoms with van der Waals surface area (Å²) >= 11 is 1.50. The van der Waals surface area contributed by atoms with Crippen LogP contribution >= 0.6 is 11.8 Å². The first-order valence-electron chi connectivity index (χ1n) is 6.51. The van der Waals surface area contributed by atoms with E-state index in [9.17, 15) is 14.7 Å². The van der Waals surface area contributed by atoms with Crippen molar-refractivity contribution in [3.05, 3.63) is 0 Å². The Labute approximate surface area is 112 Å². The molecular formula is C13H21NO3S. The van der Waals surface area contributed by atoms with Gasteiger partial charge in [-0.15, -0.1) is 0 Å². The summed E-state index contributed by atoms with van der Waals surface area (Å²) in [6.45, 7) is 3.95. The molecule has 1 heterocycles. The predicted molar refractivity (Wildman–Crippen MR) is 71.1 cm³/mol. The molecule has 1 aliphatic heterocycles. The average Bonchev–Trinajstić information content (AvgIpc) is 2.81. The number of carbonyl (C=O) groups is 2. The predicted octanol–water partition coefficient (Wildman–Crippen LogP) is 1.13. The lowest BCUT2D eigenvalue weighted by Crippen LogP contribution is -2.46. The fourth-order valence-electron chi connectivity index (χ4n) is 3.30. The third-order valence-corrected chi connectivity index (χ3v) is 5.48. The van der Waals surface area contributed by atoms with Crippen molar-refractivity contribution in [1.29, 1.82) is 0 Å². The molecule has 1 saturated heterocycles. The van der Waals surface area contributed by atoms with E-state index in [0.717, 1.165) is 12.8 Å². The van der Waals surface area contributed by atoms with Crippen LogP contribution in [0.4, 0.5) is 0 Å². The van der Waals surface area contributed by atoms with Crippen LogP contribution in [-0.4, -0.2) is 46.0 Å². The Bertz CT molecular complexity index is 332. The highest BCUT2D eigenvalue weighted by Gasteiger charge is 2.53. The summed E-state index contributed by atoms with van der Waals surface area (Å²) in [5.41, 5.74) is 0. The van der Waals surface area contributed by atoms with E-state index in [1.807, 2.05) is 13.2 Å². The van der Waals surface area contributed by atoms with E-state index in [1.54, 1.807) is 0 Å². The molecule has 1 saturated carbocycles. The number of thioether (sulfide) groups is 1. The topological polar surface area (TPSA) is 57.6 Å². The lowest BCUT2D eigenvalue weighted by molar-refractivity contribution is -0.143. The Morgan fingerprint density at radius 3 is 2.22 bits per heavy atom. The number of hydrogen-bond donors (Lipinski definition) is 1. The fourth-order valence-corrected chi connectivity index (χ4v) is 3.96. The Hall–Kier alpha value is -0.550. The van der Waals surface area contributed by atoms with Crippen LogP contribution in [0.25, 0.3) is 0 Å². The summed E-state index contributed by atoms with van der Waals surface area (Å²) < 4.78 is 0. The second kappa shape index (κ2) is 5.21. The highest BCUT2D eigenvalue weighted by atomic mass is 32.2. The number of aliphatic hydroxyl groups excluding tert-OH is 1. The highest BCUT2D eigenvalue weighted by Crippen LogP contribution is 2.44. The summed E-state index contributed by atoms with van der Waals surface area (Å²) in [6.07, 6.45) is 3.56. The van der Waals surface area contributed by atoms with E-state index < -0.39 is 0 Å². The molecule has 4 unspecified atom stereocenters. The van der Waals surface area contributed by atoms with E-state index >= 15 is 0 Å². The quantitative estimate of drug-likeness (QED) is 0.779. The fraction of sp³-hybridized carbons (Fsp3) is 0.846. The summed E-state index contributed by atoms with van der Waals surface area (Å²) in [5, 5.41) is 9.22. The second-order valence-corrected chi connectivity index (χ2v) is 6.61. The monoisotopic (exact) mass is 271 g/mol. The van der Waals surface area contributed by atoms with Crippen LogP contribution in [-0.2, 0) is 9.59 Å². The minimum atomic E-state index is -0.217. The van der Waals surface area contributed by atoms with E-state index in [0.29, 0.717) is 5.92 Å². The van der Waals surface area contributed by atoms with Gasteiger partial charge in [-0.05, 0) is 31.9 Å². The van der Waals surface area contributed by atoms with Crippen molar-refractivity contribution in [3.8, 4) is 0 Å². The van der Waals surface area contributed by atoms with Crippen LogP contribution < -0.4 is 0 Å². The van der Waals surface area contributed by atoms with Gasteiger partial charge in [-0.3, -0.25) is 14.5 Å². The van der Waals surface area contributed by atoms with Crippen molar-refractivity contribution in [2.45, 2.75) is 38.0 Å². The van der Waals surface area contributed by atoms with Crippen molar-refractivity contribution >= 4 is 23.6 Å². The molecule has 2 amide bonds. The van der Waals surface area contributed by atoms with Crippen LogP contribution in [0.15, 0.2) is 0 Å². The molecule has 2 aliphatic rings. The van der Waals surface area contributed by atoms with Gasteiger partial charge in [0.25, 0.3) is 0 Å². The van der Waals surface area contributed by atoms with Crippen molar-refractivity contribution in [3.63, 3.8) is 0 Å². The molecule has 4 atom stereocenters. The Balaban J connectivity index is 2.16. The smallest absolute Gasteiger partial charge is 0.233 e. The molecular weight excluding hydrogens is 250 g/mol. The zero-order chi connectivity index (χ0) is 13.4. The van der Waals surface area contributed by atoms with Gasteiger partial charge in [0.15, 0.2) is 0 Å². The first-order valence-corrected chi connectivity index (χ1v) is 7.80. The van der Waals surface area contributed by atoms with Crippen molar-refractivity contribution in [2.24, 2.45) is 17.8 Å². The van der Waals surface area contributed by atoms with Crippen molar-refractivity contribution in [2.75, 3.05) is 12.9 Å². The van der Waals surface area contributed by atoms with Crippen LogP contribution in [0, 0.1) is 17.8 Å². The van der Waals surface area contributed by atoms with Gasteiger partial charge in [-0.25, -0.2) is 0 Å². The normalized spacial score (nSPS) is 34.9. The number of imide groups is 1. The second-order valence-electron chi connectivity index (χ2n) is 5.53. The highest BCUT2D eigenvalue weighted by molar-refractivity contribution is 7.99. The van der Waals surface area contributed by atoms with Crippen molar-refractivity contribution in [1.82, 2.24) is 4.90 Å². The summed E-state index contributed by atoms with van der Waals surface area (Å²) in [4.78, 5) is 26.1. The number of amides is 2. The number of fused-ring (bicyclic) bond motifs is 1. The molecule has 2 rings (SSSR count). The molecule has 0 bridgehead atoms. The summed E-state index contributed by atoms with van der Waals surface area (Å²) in [5.74, 6) is 0.232. The van der Waals surface area contributed by atoms with E-state index in [2.05, 4.69) is 6.92 Å². The van der Waals surface area contributed by atoms with Gasteiger partial charge in [0, 0.05) is 5.25 Å². The van der Waals surface area contributed by atoms with Gasteiger partial charge in [0.05, 0.1) is 24.5 Å². The molecule has 1 aliphatic carbocycles. The van der Waals surface area contributed by atoms with Crippen LogP contribution in [0.3, 0.4) is 0 Å². The van der Waals surface area contributed by atoms with Crippen molar-refractivity contribution < 1.29 is 14.7 Å². The van der Waals surface area contributed by atoms with Gasteiger partial charge in [-0.2, -0.15) is 11.8 Å². The maximum Gasteiger partial charge on any atom is 0.233 e. The maximum atomic E-state index is 12.3. The van der Waals surface area contributed by atoms with E-state index in [4.69, 9.17) is 0 Å². The lowest BCUT2D eigenvalue weighted by atomic mass is 10.00. The molecule has 18 heavy (non-hydrogen) atoms. The number of nitrogens with zero attached hydrogens (tertiary/aromatic N) is 1. The number of aliphatic hydroxyl groups is 1. The molecule has 2 fully saturated rings. The molecule has 0 aromatic carbocycles. The zero-order valence-electron chi connectivity index (χ0n) is 11.1. The van der Waals surface area contributed by atoms with Gasteiger partial charge in [0.1, 0.15) is 0 Å². The Kier molecular flexibility index (Phi) is 4.02. The SMILES string of the molecule is CSC(CO)C(C)N1C(=O)C2CC(C)CC2C1=O. The summed E-state index contributed by atoms with van der Waals surface area (Å²) in [6, 6.07) is -0.217. The molecule has 4 nitrogen and oxygen atoms in total. The first kappa shape index (κ1) is 13.9. The van der Waals surface area contributed by atoms with Gasteiger partial charge in [-0.1, -0.05) is 6.92 Å². The minimum Gasteiger partial charge on any atom is -0.395 e. The molecule has 0 spiro atoms. The number of rotatable bonds is 4. The molecule has 0 aromatic rings. The maximum absolute atomic E-state index is 12.3. The third kappa shape index (κ3) is 2.07. The molecule has 5 heteroatoms. The average molecular weight is 271 g/mol. The van der Waals surface area contributed by atoms with Gasteiger partial charge < -0.3 is 5.11 Å². The van der Waals surface area contributed by atoms with E-state index in [1.165, 1.54) is 16.7 Å². The standard InChI is InChI=1S/C13H21NO3S/c1-7-4-9-10(5-7)13(17)14(12(9)16)8(2)11(6-15)18-3/h7-11,15H,4-6H2,1-3H3. The lowest BCUT2D eigenvalue weighted by Gasteiger charge is -2.29. The van der Waals surface area contributed by atoms with Crippen LogP contribution in [0.5, 0.6) is 0 Å². The van der Waals surface area contributed by atoms with Crippen LogP contribution in [0.2, 0.25) is 0 Å². The molecule has 102 valence electrons. The number of likely N-dealkylation sites (tertiary alicyclic amines) is 1. The molecule has 0 radical (unpaired) electrons. The molecule has 0 aromatic heterocycles. The van der Waals surface area contributed by atoms with Crippen LogP contribution in [0.1, 0.15) is 26.7 Å². The zero-order valence-corrected chi connectivity index (χ0v) is 11.9. The Morgan fingerprint density at radius 2 is 1.83 bits per heavy atom. The Morgan fingerprint density at radius 1 is 1.33 bits per heavy atom. The first-order chi connectivity index (χ1) is 8.51. The van der Waals surface area contributed by atoms with Gasteiger partial charge in [0.2, 0.25) is 11.8 Å². The number of carbonyl (C=O) groups excluding carboxylic acids is 2. The molecule has 1 N–H and O–H groups in total. The number of hydrogen-bond acceptors (Lipinski definition) is 4. The third-order valence-electron chi connectivity index (χ3n) is 4.34. The largest absolute Gasteiger partial charge is 0.395 e. The van der Waals surface area contributed by atoms with E-state index in [-0.39, 0.29) is 41.5 Å².